The molecular formula is C10H8N2O4. The first-order valence-electron chi connectivity index (χ1n) is 4.50. The molecule has 0 amide bonds. The fraction of sp³-hybridized carbons (Fsp3) is 0.100. The average molecular weight is 220 g/mol. The van der Waals surface area contributed by atoms with E-state index in [1.54, 1.807) is 24.3 Å². The van der Waals surface area contributed by atoms with Gasteiger partial charge in [-0.3, -0.25) is 4.79 Å². The molecule has 1 aromatic carbocycles. The summed E-state index contributed by atoms with van der Waals surface area (Å²) >= 11 is 0. The molecule has 1 aliphatic heterocycles. The summed E-state index contributed by atoms with van der Waals surface area (Å²) in [5, 5.41) is 15.4. The van der Waals surface area contributed by atoms with Gasteiger partial charge in [-0.15, -0.1) is 0 Å². The molecule has 0 aliphatic carbocycles. The fourth-order valence-electron chi connectivity index (χ4n) is 1.31. The standard InChI is InChI=1S/C10H8N2O4/c13-5-6-15-12-9-7-3-1-2-4-8(7)16-10(9)11-14/h1-5,14H,6H2. The Labute approximate surface area is 90.8 Å². The number of para-hydroxylation sites is 1. The number of carbonyl (C=O) groups is 1. The van der Waals surface area contributed by atoms with Crippen LogP contribution in [0.3, 0.4) is 0 Å². The Kier molecular flexibility index (Phi) is 2.81. The van der Waals surface area contributed by atoms with Crippen LogP contribution in [0, 0.1) is 0 Å². The molecule has 0 unspecified atom stereocenters. The van der Waals surface area contributed by atoms with Crippen LogP contribution in [0.25, 0.3) is 0 Å². The van der Waals surface area contributed by atoms with Crippen molar-refractivity contribution in [2.75, 3.05) is 6.61 Å². The zero-order valence-electron chi connectivity index (χ0n) is 8.16. The quantitative estimate of drug-likeness (QED) is 0.353. The molecule has 1 aliphatic rings. The summed E-state index contributed by atoms with van der Waals surface area (Å²) in [5.41, 5.74) is 0.918. The minimum atomic E-state index is -0.162. The Morgan fingerprint density at radius 3 is 3.00 bits per heavy atom. The van der Waals surface area contributed by atoms with E-state index in [9.17, 15) is 4.79 Å². The van der Waals surface area contributed by atoms with Crippen molar-refractivity contribution in [3.63, 3.8) is 0 Å². The molecule has 0 saturated heterocycles. The summed E-state index contributed by atoms with van der Waals surface area (Å²) in [6.07, 6.45) is 0.571. The summed E-state index contributed by atoms with van der Waals surface area (Å²) in [7, 11) is 0. The number of benzene rings is 1. The van der Waals surface area contributed by atoms with Crippen molar-refractivity contribution < 1.29 is 19.6 Å². The van der Waals surface area contributed by atoms with Gasteiger partial charge in [-0.05, 0) is 17.3 Å². The Morgan fingerprint density at radius 1 is 1.44 bits per heavy atom. The molecule has 2 rings (SSSR count). The Morgan fingerprint density at radius 2 is 2.25 bits per heavy atom. The number of ether oxygens (including phenoxy) is 1. The van der Waals surface area contributed by atoms with Gasteiger partial charge < -0.3 is 14.8 Å². The molecule has 1 N–H and O–H groups in total. The van der Waals surface area contributed by atoms with Crippen LogP contribution in [0.2, 0.25) is 0 Å². The fourth-order valence-corrected chi connectivity index (χ4v) is 1.31. The first kappa shape index (κ1) is 10.2. The van der Waals surface area contributed by atoms with Gasteiger partial charge in [0.05, 0.1) is 5.56 Å². The van der Waals surface area contributed by atoms with Gasteiger partial charge in [0.1, 0.15) is 5.75 Å². The zero-order valence-corrected chi connectivity index (χ0v) is 8.16. The molecular weight excluding hydrogens is 212 g/mol. The van der Waals surface area contributed by atoms with Gasteiger partial charge >= 0.3 is 0 Å². The second-order valence-electron chi connectivity index (χ2n) is 2.91. The van der Waals surface area contributed by atoms with Crippen molar-refractivity contribution in [1.82, 2.24) is 0 Å². The van der Waals surface area contributed by atoms with Crippen molar-refractivity contribution in [3.8, 4) is 5.75 Å². The van der Waals surface area contributed by atoms with Crippen molar-refractivity contribution >= 4 is 17.9 Å². The third kappa shape index (κ3) is 1.72. The maximum atomic E-state index is 10.1. The van der Waals surface area contributed by atoms with Crippen molar-refractivity contribution in [2.45, 2.75) is 0 Å². The van der Waals surface area contributed by atoms with Crippen LogP contribution in [0.1, 0.15) is 5.56 Å². The Hall–Kier alpha value is -2.37. The highest BCUT2D eigenvalue weighted by atomic mass is 16.6. The van der Waals surface area contributed by atoms with Gasteiger partial charge in [-0.25, -0.2) is 0 Å². The van der Waals surface area contributed by atoms with Crippen LogP contribution in [-0.2, 0) is 9.63 Å². The molecule has 0 aromatic heterocycles. The number of nitrogens with zero attached hydrogens (tertiary/aromatic N) is 2. The summed E-state index contributed by atoms with van der Waals surface area (Å²) < 4.78 is 5.20. The number of hydrogen-bond acceptors (Lipinski definition) is 6. The van der Waals surface area contributed by atoms with E-state index >= 15 is 0 Å². The van der Waals surface area contributed by atoms with Gasteiger partial charge in [-0.2, -0.15) is 0 Å². The SMILES string of the molecule is O=CCON=C1C(=NO)Oc2ccccc21. The van der Waals surface area contributed by atoms with Gasteiger partial charge in [0.2, 0.25) is 0 Å². The maximum Gasteiger partial charge on any atom is 0.285 e. The highest BCUT2D eigenvalue weighted by molar-refractivity contribution is 6.48. The first-order valence-corrected chi connectivity index (χ1v) is 4.50. The topological polar surface area (TPSA) is 80.5 Å². The van der Waals surface area contributed by atoms with Gasteiger partial charge in [0.25, 0.3) is 5.90 Å². The predicted molar refractivity (Wildman–Crippen MR) is 54.8 cm³/mol. The number of carbonyl (C=O) groups excluding carboxylic acids is 1. The predicted octanol–water partition coefficient (Wildman–Crippen LogP) is 0.786. The van der Waals surface area contributed by atoms with Gasteiger partial charge in [-0.1, -0.05) is 17.3 Å². The van der Waals surface area contributed by atoms with Crippen LogP contribution in [0.5, 0.6) is 5.75 Å². The molecule has 0 atom stereocenters. The van der Waals surface area contributed by atoms with E-state index in [4.69, 9.17) is 14.8 Å². The minimum Gasteiger partial charge on any atom is -0.434 e. The summed E-state index contributed by atoms with van der Waals surface area (Å²) in [6, 6.07) is 7.03. The molecule has 82 valence electrons. The summed E-state index contributed by atoms with van der Waals surface area (Å²) in [5.74, 6) is 0.482. The lowest BCUT2D eigenvalue weighted by atomic mass is 10.1. The van der Waals surface area contributed by atoms with Crippen LogP contribution < -0.4 is 4.74 Å². The number of rotatable bonds is 3. The van der Waals surface area contributed by atoms with E-state index in [0.29, 0.717) is 17.6 Å². The van der Waals surface area contributed by atoms with E-state index in [1.807, 2.05) is 0 Å². The molecule has 0 bridgehead atoms. The van der Waals surface area contributed by atoms with E-state index in [0.717, 1.165) is 0 Å². The monoisotopic (exact) mass is 220 g/mol. The maximum absolute atomic E-state index is 10.1. The first-order chi connectivity index (χ1) is 7.86. The van der Waals surface area contributed by atoms with Crippen LogP contribution in [0.15, 0.2) is 34.6 Å². The molecule has 6 heteroatoms. The lowest BCUT2D eigenvalue weighted by Gasteiger charge is -1.95. The number of aldehydes is 1. The zero-order chi connectivity index (χ0) is 11.4. The van der Waals surface area contributed by atoms with Crippen LogP contribution in [0.4, 0.5) is 0 Å². The Bertz CT molecular complexity index is 468. The van der Waals surface area contributed by atoms with Crippen LogP contribution >= 0.6 is 0 Å². The normalized spacial score (nSPS) is 18.2. The smallest absolute Gasteiger partial charge is 0.285 e. The molecule has 0 saturated carbocycles. The highest BCUT2D eigenvalue weighted by Crippen LogP contribution is 2.26. The highest BCUT2D eigenvalue weighted by Gasteiger charge is 2.27. The molecule has 16 heavy (non-hydrogen) atoms. The van der Waals surface area contributed by atoms with Gasteiger partial charge in [0, 0.05) is 0 Å². The summed E-state index contributed by atoms with van der Waals surface area (Å²) in [6.45, 7) is -0.162. The minimum absolute atomic E-state index is 0.0490. The molecule has 6 nitrogen and oxygen atoms in total. The Balaban J connectivity index is 2.34. The second kappa shape index (κ2) is 4.43. The third-order valence-electron chi connectivity index (χ3n) is 1.94. The van der Waals surface area contributed by atoms with Crippen molar-refractivity contribution in [3.05, 3.63) is 29.8 Å². The molecule has 0 fully saturated rings. The third-order valence-corrected chi connectivity index (χ3v) is 1.94. The number of fused-ring (bicyclic) bond motifs is 1. The molecule has 0 spiro atoms. The van der Waals surface area contributed by atoms with E-state index in [2.05, 4.69) is 10.3 Å². The molecule has 0 radical (unpaired) electrons. The summed E-state index contributed by atoms with van der Waals surface area (Å²) in [4.78, 5) is 14.8. The van der Waals surface area contributed by atoms with Gasteiger partial charge in [0.15, 0.2) is 18.6 Å². The second-order valence-corrected chi connectivity index (χ2v) is 2.91. The largest absolute Gasteiger partial charge is 0.434 e. The van der Waals surface area contributed by atoms with E-state index in [1.165, 1.54) is 0 Å². The average Bonchev–Trinajstić information content (AvgIpc) is 2.68. The van der Waals surface area contributed by atoms with Crippen molar-refractivity contribution in [2.24, 2.45) is 10.3 Å². The van der Waals surface area contributed by atoms with Crippen molar-refractivity contribution in [1.29, 1.82) is 0 Å². The van der Waals surface area contributed by atoms with Crippen LogP contribution in [-0.4, -0.2) is 29.7 Å². The lowest BCUT2D eigenvalue weighted by molar-refractivity contribution is -0.111. The van der Waals surface area contributed by atoms with E-state index < -0.39 is 0 Å². The number of hydrogen-bond donors (Lipinski definition) is 1. The van der Waals surface area contributed by atoms with E-state index in [-0.39, 0.29) is 18.2 Å². The number of oxime groups is 2. The molecule has 1 aromatic rings. The lowest BCUT2D eigenvalue weighted by Crippen LogP contribution is -2.14. The molecule has 1 heterocycles.